The molecular formula is C16H11BrN2O6. The molecule has 0 saturated heterocycles. The molecule has 8 nitrogen and oxygen atoms in total. The Kier molecular flexibility index (Phi) is 4.25. The maximum absolute atomic E-state index is 12.7. The predicted molar refractivity (Wildman–Crippen MR) is 90.3 cm³/mol. The molecule has 0 saturated carbocycles. The Morgan fingerprint density at radius 2 is 1.76 bits per heavy atom. The van der Waals surface area contributed by atoms with Crippen molar-refractivity contribution in [3.8, 4) is 0 Å². The van der Waals surface area contributed by atoms with Gasteiger partial charge in [0.1, 0.15) is 6.54 Å². The summed E-state index contributed by atoms with van der Waals surface area (Å²) in [5.74, 6) is -2.09. The number of imide groups is 1. The van der Waals surface area contributed by atoms with Crippen molar-refractivity contribution in [2.45, 2.75) is 6.92 Å². The van der Waals surface area contributed by atoms with E-state index in [0.29, 0.717) is 4.47 Å². The Hall–Kier alpha value is -2.81. The summed E-state index contributed by atoms with van der Waals surface area (Å²) in [4.78, 5) is 48.5. The SMILES string of the molecule is CCOC(=O)CN1C(=O)c2ccc(Br)c3c([N+](=O)[O-])ccc(c23)C1=O. The Bertz CT molecular complexity index is 933. The summed E-state index contributed by atoms with van der Waals surface area (Å²) in [6.45, 7) is 1.23. The fraction of sp³-hybridized carbons (Fsp3) is 0.188. The van der Waals surface area contributed by atoms with E-state index in [1.807, 2.05) is 0 Å². The third kappa shape index (κ3) is 2.66. The van der Waals surface area contributed by atoms with Crippen LogP contribution < -0.4 is 0 Å². The molecule has 3 rings (SSSR count). The van der Waals surface area contributed by atoms with Crippen LogP contribution in [0.1, 0.15) is 27.6 Å². The van der Waals surface area contributed by atoms with Crippen molar-refractivity contribution < 1.29 is 24.0 Å². The van der Waals surface area contributed by atoms with Gasteiger partial charge in [0, 0.05) is 27.1 Å². The van der Waals surface area contributed by atoms with Crippen LogP contribution in [-0.2, 0) is 9.53 Å². The van der Waals surface area contributed by atoms with Crippen molar-refractivity contribution in [3.63, 3.8) is 0 Å². The largest absolute Gasteiger partial charge is 0.465 e. The maximum Gasteiger partial charge on any atom is 0.326 e. The number of carbonyl (C=O) groups is 3. The van der Waals surface area contributed by atoms with E-state index in [2.05, 4.69) is 15.9 Å². The topological polar surface area (TPSA) is 107 Å². The van der Waals surface area contributed by atoms with Gasteiger partial charge >= 0.3 is 5.97 Å². The van der Waals surface area contributed by atoms with Crippen LogP contribution in [0, 0.1) is 10.1 Å². The van der Waals surface area contributed by atoms with Crippen LogP contribution in [0.4, 0.5) is 5.69 Å². The van der Waals surface area contributed by atoms with E-state index in [0.717, 1.165) is 4.90 Å². The van der Waals surface area contributed by atoms with E-state index in [4.69, 9.17) is 4.74 Å². The third-order valence-corrected chi connectivity index (χ3v) is 4.49. The van der Waals surface area contributed by atoms with Crippen LogP contribution in [0.5, 0.6) is 0 Å². The second kappa shape index (κ2) is 6.25. The molecule has 0 aromatic heterocycles. The molecule has 1 aliphatic rings. The number of amides is 2. The Balaban J connectivity index is 2.22. The number of nitro benzene ring substituents is 1. The summed E-state index contributed by atoms with van der Waals surface area (Å²) in [6, 6.07) is 5.48. The Labute approximate surface area is 149 Å². The number of hydrogen-bond acceptors (Lipinski definition) is 6. The van der Waals surface area contributed by atoms with E-state index in [1.165, 1.54) is 24.3 Å². The van der Waals surface area contributed by atoms with Gasteiger partial charge in [-0.25, -0.2) is 0 Å². The van der Waals surface area contributed by atoms with E-state index in [-0.39, 0.29) is 34.2 Å². The Morgan fingerprint density at radius 1 is 1.16 bits per heavy atom. The van der Waals surface area contributed by atoms with E-state index in [9.17, 15) is 24.5 Å². The summed E-state index contributed by atoms with van der Waals surface area (Å²) < 4.78 is 5.19. The highest BCUT2D eigenvalue weighted by molar-refractivity contribution is 9.10. The zero-order chi connectivity index (χ0) is 18.3. The van der Waals surface area contributed by atoms with Crippen LogP contribution in [0.15, 0.2) is 28.7 Å². The number of nitrogens with zero attached hydrogens (tertiary/aromatic N) is 2. The second-order valence-electron chi connectivity index (χ2n) is 5.24. The van der Waals surface area contributed by atoms with Gasteiger partial charge in [-0.15, -0.1) is 0 Å². The molecule has 0 unspecified atom stereocenters. The number of hydrogen-bond donors (Lipinski definition) is 0. The van der Waals surface area contributed by atoms with Crippen molar-refractivity contribution in [1.82, 2.24) is 4.90 Å². The number of esters is 1. The summed E-state index contributed by atoms with van der Waals surface area (Å²) >= 11 is 3.24. The van der Waals surface area contributed by atoms with Crippen molar-refractivity contribution in [2.24, 2.45) is 0 Å². The zero-order valence-electron chi connectivity index (χ0n) is 12.9. The Morgan fingerprint density at radius 3 is 2.32 bits per heavy atom. The van der Waals surface area contributed by atoms with Crippen LogP contribution in [0.3, 0.4) is 0 Å². The van der Waals surface area contributed by atoms with Crippen LogP contribution in [-0.4, -0.2) is 40.8 Å². The first-order chi connectivity index (χ1) is 11.9. The molecule has 0 spiro atoms. The normalized spacial score (nSPS) is 13.3. The number of ether oxygens (including phenoxy) is 1. The van der Waals surface area contributed by atoms with Crippen molar-refractivity contribution >= 4 is 50.2 Å². The summed E-state index contributed by atoms with van der Waals surface area (Å²) in [5, 5.41) is 11.7. The lowest BCUT2D eigenvalue weighted by Crippen LogP contribution is -2.43. The number of carbonyl (C=O) groups excluding carboxylic acids is 3. The summed E-state index contributed by atoms with van der Waals surface area (Å²) in [7, 11) is 0. The minimum atomic E-state index is -0.706. The number of non-ortho nitro benzene ring substituents is 1. The van der Waals surface area contributed by atoms with Gasteiger partial charge in [-0.05, 0) is 41.1 Å². The fourth-order valence-electron chi connectivity index (χ4n) is 2.81. The highest BCUT2D eigenvalue weighted by Gasteiger charge is 2.36. The van der Waals surface area contributed by atoms with Gasteiger partial charge in [-0.3, -0.25) is 29.4 Å². The molecule has 2 aromatic carbocycles. The monoisotopic (exact) mass is 406 g/mol. The first-order valence-corrected chi connectivity index (χ1v) is 8.07. The van der Waals surface area contributed by atoms with Crippen LogP contribution >= 0.6 is 15.9 Å². The van der Waals surface area contributed by atoms with Gasteiger partial charge in [0.15, 0.2) is 0 Å². The minimum Gasteiger partial charge on any atom is -0.465 e. The number of nitro groups is 1. The van der Waals surface area contributed by atoms with Crippen molar-refractivity contribution in [2.75, 3.05) is 13.2 Å². The lowest BCUT2D eigenvalue weighted by atomic mass is 9.93. The molecular weight excluding hydrogens is 396 g/mol. The number of rotatable bonds is 4. The van der Waals surface area contributed by atoms with Crippen molar-refractivity contribution in [3.05, 3.63) is 50.0 Å². The van der Waals surface area contributed by atoms with Gasteiger partial charge in [0.05, 0.1) is 16.9 Å². The molecule has 25 heavy (non-hydrogen) atoms. The zero-order valence-corrected chi connectivity index (χ0v) is 14.5. The molecule has 0 bridgehead atoms. The standard InChI is InChI=1S/C16H11BrN2O6/c1-2-25-12(20)7-18-15(21)8-3-5-10(17)14-11(19(23)24)6-4-9(13(8)14)16(18)22/h3-6H,2,7H2,1H3. The molecule has 128 valence electrons. The van der Waals surface area contributed by atoms with Crippen LogP contribution in [0.25, 0.3) is 10.8 Å². The molecule has 2 aromatic rings. The molecule has 9 heteroatoms. The molecule has 0 radical (unpaired) electrons. The molecule has 1 heterocycles. The third-order valence-electron chi connectivity index (χ3n) is 3.83. The highest BCUT2D eigenvalue weighted by Crippen LogP contribution is 2.39. The summed E-state index contributed by atoms with van der Waals surface area (Å²) in [6.07, 6.45) is 0. The van der Waals surface area contributed by atoms with Gasteiger partial charge in [0.2, 0.25) is 0 Å². The van der Waals surface area contributed by atoms with E-state index >= 15 is 0 Å². The molecule has 1 aliphatic heterocycles. The molecule has 0 N–H and O–H groups in total. The minimum absolute atomic E-state index is 0.125. The average Bonchev–Trinajstić information content (AvgIpc) is 2.57. The molecule has 0 aliphatic carbocycles. The lowest BCUT2D eigenvalue weighted by molar-refractivity contribution is -0.383. The quantitative estimate of drug-likeness (QED) is 0.334. The second-order valence-corrected chi connectivity index (χ2v) is 6.09. The smallest absolute Gasteiger partial charge is 0.326 e. The molecule has 2 amide bonds. The fourth-order valence-corrected chi connectivity index (χ4v) is 3.34. The molecule has 0 atom stereocenters. The van der Waals surface area contributed by atoms with Gasteiger partial charge in [-0.2, -0.15) is 0 Å². The number of halogens is 1. The maximum atomic E-state index is 12.7. The average molecular weight is 407 g/mol. The molecule has 0 fully saturated rings. The number of benzene rings is 2. The first-order valence-electron chi connectivity index (χ1n) is 7.28. The predicted octanol–water partition coefficient (Wildman–Crippen LogP) is 2.67. The van der Waals surface area contributed by atoms with Gasteiger partial charge in [0.25, 0.3) is 17.5 Å². The van der Waals surface area contributed by atoms with Crippen LogP contribution in [0.2, 0.25) is 0 Å². The van der Waals surface area contributed by atoms with E-state index in [1.54, 1.807) is 6.92 Å². The van der Waals surface area contributed by atoms with Gasteiger partial charge < -0.3 is 4.74 Å². The van der Waals surface area contributed by atoms with E-state index < -0.39 is 29.3 Å². The first kappa shape index (κ1) is 17.0. The van der Waals surface area contributed by atoms with Crippen molar-refractivity contribution in [1.29, 1.82) is 0 Å². The summed E-state index contributed by atoms with van der Waals surface area (Å²) in [5.41, 5.74) is 0.0357. The van der Waals surface area contributed by atoms with Gasteiger partial charge in [-0.1, -0.05) is 0 Å². The lowest BCUT2D eigenvalue weighted by Gasteiger charge is -2.26. The highest BCUT2D eigenvalue weighted by atomic mass is 79.9.